The van der Waals surface area contributed by atoms with Gasteiger partial charge in [-0.3, -0.25) is 9.59 Å². The molecule has 0 bridgehead atoms. The highest BCUT2D eigenvalue weighted by Crippen LogP contribution is 2.00. The number of nitrogens with one attached hydrogen (secondary N) is 2. The van der Waals surface area contributed by atoms with Gasteiger partial charge in [0.15, 0.2) is 0 Å². The molecule has 1 aromatic rings. The molecule has 0 unspecified atom stereocenters. The molecule has 7 heteroatoms. The second-order valence-electron chi connectivity index (χ2n) is 5.53. The van der Waals surface area contributed by atoms with Crippen LogP contribution < -0.4 is 10.6 Å². The molecular formula is C15H25N5O2. The van der Waals surface area contributed by atoms with Crippen molar-refractivity contribution in [3.63, 3.8) is 0 Å². The third-order valence-corrected chi connectivity index (χ3v) is 2.90. The molecule has 0 aliphatic carbocycles. The first-order valence-corrected chi connectivity index (χ1v) is 7.23. The monoisotopic (exact) mass is 307 g/mol. The van der Waals surface area contributed by atoms with Crippen LogP contribution in [0.5, 0.6) is 0 Å². The maximum absolute atomic E-state index is 12.0. The lowest BCUT2D eigenvalue weighted by molar-refractivity contribution is 0.0942. The Balaban J connectivity index is 2.57. The van der Waals surface area contributed by atoms with Gasteiger partial charge >= 0.3 is 0 Å². The molecule has 2 N–H and O–H groups in total. The van der Waals surface area contributed by atoms with E-state index in [2.05, 4.69) is 15.6 Å². The Morgan fingerprint density at radius 2 is 1.32 bits per heavy atom. The molecule has 0 spiro atoms. The van der Waals surface area contributed by atoms with E-state index in [1.165, 1.54) is 0 Å². The van der Waals surface area contributed by atoms with Gasteiger partial charge in [0.1, 0.15) is 11.4 Å². The predicted octanol–water partition coefficient (Wildman–Crippen LogP) is -0.336. The Labute approximate surface area is 131 Å². The van der Waals surface area contributed by atoms with E-state index < -0.39 is 0 Å². The average molecular weight is 307 g/mol. The third kappa shape index (κ3) is 6.64. The van der Waals surface area contributed by atoms with Crippen LogP contribution in [0.4, 0.5) is 0 Å². The summed E-state index contributed by atoms with van der Waals surface area (Å²) in [6, 6.07) is 4.86. The fourth-order valence-electron chi connectivity index (χ4n) is 1.65. The van der Waals surface area contributed by atoms with E-state index in [1.54, 1.807) is 18.2 Å². The van der Waals surface area contributed by atoms with Crippen molar-refractivity contribution in [3.05, 3.63) is 29.6 Å². The Hall–Kier alpha value is -1.99. The van der Waals surface area contributed by atoms with Crippen LogP contribution in [0.2, 0.25) is 0 Å². The Bertz CT molecular complexity index is 461. The van der Waals surface area contributed by atoms with Gasteiger partial charge in [-0.1, -0.05) is 6.07 Å². The first kappa shape index (κ1) is 18.1. The molecule has 0 radical (unpaired) electrons. The fourth-order valence-corrected chi connectivity index (χ4v) is 1.65. The SMILES string of the molecule is CN(C)CCNC(=O)c1cccc(C(=O)NCCN(C)C)n1. The van der Waals surface area contributed by atoms with Gasteiger partial charge < -0.3 is 20.4 Å². The fraction of sp³-hybridized carbons (Fsp3) is 0.533. The topological polar surface area (TPSA) is 77.6 Å². The summed E-state index contributed by atoms with van der Waals surface area (Å²) in [5, 5.41) is 5.55. The molecule has 0 aromatic carbocycles. The zero-order valence-corrected chi connectivity index (χ0v) is 13.7. The van der Waals surface area contributed by atoms with Gasteiger partial charge in [0.25, 0.3) is 11.8 Å². The minimum atomic E-state index is -0.273. The van der Waals surface area contributed by atoms with Crippen molar-refractivity contribution in [2.75, 3.05) is 54.4 Å². The Kier molecular flexibility index (Phi) is 7.48. The molecular weight excluding hydrogens is 282 g/mol. The van der Waals surface area contributed by atoms with Crippen LogP contribution in [0.15, 0.2) is 18.2 Å². The summed E-state index contributed by atoms with van der Waals surface area (Å²) in [6.45, 7) is 2.56. The number of nitrogens with zero attached hydrogens (tertiary/aromatic N) is 3. The van der Waals surface area contributed by atoms with Crippen molar-refractivity contribution in [1.29, 1.82) is 0 Å². The number of carbonyl (C=O) groups excluding carboxylic acids is 2. The molecule has 0 fully saturated rings. The highest BCUT2D eigenvalue weighted by molar-refractivity contribution is 5.96. The van der Waals surface area contributed by atoms with Crippen molar-refractivity contribution in [1.82, 2.24) is 25.4 Å². The Morgan fingerprint density at radius 1 is 0.909 bits per heavy atom. The number of hydrogen-bond acceptors (Lipinski definition) is 5. The van der Waals surface area contributed by atoms with Crippen molar-refractivity contribution in [3.8, 4) is 0 Å². The maximum Gasteiger partial charge on any atom is 0.269 e. The highest BCUT2D eigenvalue weighted by Gasteiger charge is 2.11. The summed E-state index contributed by atoms with van der Waals surface area (Å²) < 4.78 is 0. The van der Waals surface area contributed by atoms with Crippen molar-refractivity contribution in [2.24, 2.45) is 0 Å². The van der Waals surface area contributed by atoms with Gasteiger partial charge in [-0.15, -0.1) is 0 Å². The number of amides is 2. The number of pyridine rings is 1. The van der Waals surface area contributed by atoms with Gasteiger partial charge in [0.2, 0.25) is 0 Å². The summed E-state index contributed by atoms with van der Waals surface area (Å²) in [5.74, 6) is -0.547. The lowest BCUT2D eigenvalue weighted by atomic mass is 10.2. The van der Waals surface area contributed by atoms with Crippen LogP contribution in [0.25, 0.3) is 0 Å². The van der Waals surface area contributed by atoms with E-state index in [-0.39, 0.29) is 23.2 Å². The molecule has 122 valence electrons. The van der Waals surface area contributed by atoms with Crippen LogP contribution >= 0.6 is 0 Å². The molecule has 0 aliphatic rings. The van der Waals surface area contributed by atoms with Crippen LogP contribution in [0, 0.1) is 0 Å². The molecule has 0 aliphatic heterocycles. The van der Waals surface area contributed by atoms with Gasteiger partial charge in [-0.05, 0) is 40.3 Å². The third-order valence-electron chi connectivity index (χ3n) is 2.90. The van der Waals surface area contributed by atoms with Gasteiger partial charge in [-0.25, -0.2) is 4.98 Å². The first-order valence-electron chi connectivity index (χ1n) is 7.23. The zero-order valence-electron chi connectivity index (χ0n) is 13.7. The number of rotatable bonds is 8. The summed E-state index contributed by atoms with van der Waals surface area (Å²) in [5.41, 5.74) is 0.498. The second kappa shape index (κ2) is 9.11. The van der Waals surface area contributed by atoms with Crippen molar-refractivity contribution < 1.29 is 9.59 Å². The largest absolute Gasteiger partial charge is 0.349 e. The average Bonchev–Trinajstić information content (AvgIpc) is 2.46. The molecule has 0 saturated carbocycles. The molecule has 0 atom stereocenters. The lowest BCUT2D eigenvalue weighted by Crippen LogP contribution is -2.33. The summed E-state index contributed by atoms with van der Waals surface area (Å²) in [4.78, 5) is 32.0. The van der Waals surface area contributed by atoms with Crippen LogP contribution in [-0.2, 0) is 0 Å². The normalized spacial score (nSPS) is 10.8. The first-order chi connectivity index (χ1) is 10.4. The van der Waals surface area contributed by atoms with E-state index in [4.69, 9.17) is 0 Å². The van der Waals surface area contributed by atoms with Crippen molar-refractivity contribution >= 4 is 11.8 Å². The summed E-state index contributed by atoms with van der Waals surface area (Å²) >= 11 is 0. The molecule has 7 nitrogen and oxygen atoms in total. The van der Waals surface area contributed by atoms with E-state index in [9.17, 15) is 9.59 Å². The van der Waals surface area contributed by atoms with Crippen molar-refractivity contribution in [2.45, 2.75) is 0 Å². The summed E-state index contributed by atoms with van der Waals surface area (Å²) in [7, 11) is 7.73. The minimum absolute atomic E-state index is 0.249. The molecule has 2 amide bonds. The predicted molar refractivity (Wildman–Crippen MR) is 86.0 cm³/mol. The van der Waals surface area contributed by atoms with Crippen LogP contribution in [0.3, 0.4) is 0 Å². The lowest BCUT2D eigenvalue weighted by Gasteiger charge is -2.11. The Morgan fingerprint density at radius 3 is 1.68 bits per heavy atom. The van der Waals surface area contributed by atoms with Gasteiger partial charge in [0.05, 0.1) is 0 Å². The molecule has 1 aromatic heterocycles. The van der Waals surface area contributed by atoms with Gasteiger partial charge in [0, 0.05) is 26.2 Å². The second-order valence-corrected chi connectivity index (χ2v) is 5.53. The standard InChI is InChI=1S/C15H25N5O2/c1-19(2)10-8-16-14(21)12-6-5-7-13(18-12)15(22)17-9-11-20(3)4/h5-7H,8-11H2,1-4H3,(H,16,21)(H,17,22). The molecule has 1 rings (SSSR count). The minimum Gasteiger partial charge on any atom is -0.349 e. The van der Waals surface area contributed by atoms with Crippen LogP contribution in [-0.4, -0.2) is 81.0 Å². The summed E-state index contributed by atoms with van der Waals surface area (Å²) in [6.07, 6.45) is 0. The number of carbonyl (C=O) groups is 2. The van der Waals surface area contributed by atoms with E-state index in [1.807, 2.05) is 38.0 Å². The number of aromatic nitrogens is 1. The van der Waals surface area contributed by atoms with E-state index in [0.717, 1.165) is 13.1 Å². The smallest absolute Gasteiger partial charge is 0.269 e. The van der Waals surface area contributed by atoms with E-state index in [0.29, 0.717) is 13.1 Å². The highest BCUT2D eigenvalue weighted by atomic mass is 16.2. The number of hydrogen-bond donors (Lipinski definition) is 2. The van der Waals surface area contributed by atoms with Crippen LogP contribution in [0.1, 0.15) is 21.0 Å². The number of likely N-dealkylation sites (N-methyl/N-ethyl adjacent to an activating group) is 2. The maximum atomic E-state index is 12.0. The van der Waals surface area contributed by atoms with Gasteiger partial charge in [-0.2, -0.15) is 0 Å². The quantitative estimate of drug-likeness (QED) is 0.687. The zero-order chi connectivity index (χ0) is 16.5. The molecule has 22 heavy (non-hydrogen) atoms. The molecule has 0 saturated heterocycles. The molecule has 1 heterocycles. The van der Waals surface area contributed by atoms with E-state index >= 15 is 0 Å².